The van der Waals surface area contributed by atoms with Gasteiger partial charge >= 0.3 is 0 Å². The summed E-state index contributed by atoms with van der Waals surface area (Å²) in [4.78, 5) is 12.9. The summed E-state index contributed by atoms with van der Waals surface area (Å²) in [6, 6.07) is 17.4. The largest absolute Gasteiger partial charge is 0.340 e. The molecule has 1 aliphatic heterocycles. The lowest BCUT2D eigenvalue weighted by Gasteiger charge is -2.23. The van der Waals surface area contributed by atoms with Crippen LogP contribution in [0.2, 0.25) is 0 Å². The van der Waals surface area contributed by atoms with Crippen LogP contribution in [0.15, 0.2) is 66.9 Å². The van der Waals surface area contributed by atoms with E-state index in [1.165, 1.54) is 12.1 Å². The summed E-state index contributed by atoms with van der Waals surface area (Å²) in [5.74, 6) is -0.609. The number of aromatic nitrogens is 2. The Kier molecular flexibility index (Phi) is 5.48. The number of amides is 1. The number of halogens is 1. The van der Waals surface area contributed by atoms with Gasteiger partial charge in [-0.05, 0) is 48.7 Å². The first-order valence-electron chi connectivity index (χ1n) is 9.58. The number of hydrogen-bond donors (Lipinski definition) is 2. The third-order valence-electron chi connectivity index (χ3n) is 5.08. The van der Waals surface area contributed by atoms with Crippen molar-refractivity contribution in [2.45, 2.75) is 24.9 Å². The minimum Gasteiger partial charge on any atom is -0.340 e. The van der Waals surface area contributed by atoms with Crippen LogP contribution in [0.3, 0.4) is 0 Å². The van der Waals surface area contributed by atoms with Crippen LogP contribution in [0.5, 0.6) is 0 Å². The highest BCUT2D eigenvalue weighted by Crippen LogP contribution is 2.23. The van der Waals surface area contributed by atoms with Gasteiger partial charge in [-0.2, -0.15) is 5.10 Å². The number of rotatable bonds is 5. The fraction of sp³-hybridized carbons (Fsp3) is 0.273. The Labute approximate surface area is 163 Å². The number of nitrogens with zero attached hydrogens (tertiary/aromatic N) is 2. The molecule has 1 saturated heterocycles. The van der Waals surface area contributed by atoms with Crippen molar-refractivity contribution >= 4 is 5.91 Å². The summed E-state index contributed by atoms with van der Waals surface area (Å²) >= 11 is 0. The van der Waals surface area contributed by atoms with E-state index < -0.39 is 6.04 Å². The Bertz CT molecular complexity index is 934. The lowest BCUT2D eigenvalue weighted by molar-refractivity contribution is 0.0936. The van der Waals surface area contributed by atoms with Crippen molar-refractivity contribution in [3.8, 4) is 0 Å². The highest BCUT2D eigenvalue weighted by atomic mass is 19.1. The molecule has 2 aromatic carbocycles. The molecule has 0 radical (unpaired) electrons. The smallest absolute Gasteiger partial charge is 0.272 e. The van der Waals surface area contributed by atoms with Crippen LogP contribution in [0, 0.1) is 5.82 Å². The van der Waals surface area contributed by atoms with Gasteiger partial charge in [-0.3, -0.25) is 9.48 Å². The second kappa shape index (κ2) is 8.35. The number of hydrogen-bond acceptors (Lipinski definition) is 3. The monoisotopic (exact) mass is 378 g/mol. The maximum absolute atomic E-state index is 13.8. The molecule has 0 saturated carbocycles. The predicted molar refractivity (Wildman–Crippen MR) is 106 cm³/mol. The first kappa shape index (κ1) is 18.4. The zero-order chi connectivity index (χ0) is 19.3. The van der Waals surface area contributed by atoms with E-state index in [0.717, 1.165) is 31.5 Å². The van der Waals surface area contributed by atoms with Crippen LogP contribution in [-0.2, 0) is 0 Å². The molecule has 1 amide bonds. The maximum atomic E-state index is 13.8. The van der Waals surface area contributed by atoms with Gasteiger partial charge in [0.15, 0.2) is 0 Å². The van der Waals surface area contributed by atoms with E-state index in [-0.39, 0.29) is 17.8 Å². The Balaban J connectivity index is 1.56. The van der Waals surface area contributed by atoms with Gasteiger partial charge in [0.1, 0.15) is 11.5 Å². The second-order valence-electron chi connectivity index (χ2n) is 7.05. The first-order chi connectivity index (χ1) is 13.7. The molecule has 2 N–H and O–H groups in total. The van der Waals surface area contributed by atoms with Gasteiger partial charge < -0.3 is 10.6 Å². The summed E-state index contributed by atoms with van der Waals surface area (Å²) in [5.41, 5.74) is 1.94. The molecule has 4 rings (SSSR count). The van der Waals surface area contributed by atoms with E-state index in [9.17, 15) is 9.18 Å². The van der Waals surface area contributed by atoms with E-state index >= 15 is 0 Å². The summed E-state index contributed by atoms with van der Waals surface area (Å²) in [6.45, 7) is 1.89. The van der Waals surface area contributed by atoms with Gasteiger partial charge in [0, 0.05) is 12.7 Å². The predicted octanol–water partition coefficient (Wildman–Crippen LogP) is 3.47. The van der Waals surface area contributed by atoms with Crippen LogP contribution < -0.4 is 10.6 Å². The first-order valence-corrected chi connectivity index (χ1v) is 9.58. The molecule has 1 fully saturated rings. The normalized spacial score (nSPS) is 17.8. The topological polar surface area (TPSA) is 59.0 Å². The summed E-state index contributed by atoms with van der Waals surface area (Å²) in [7, 11) is 0. The van der Waals surface area contributed by atoms with E-state index in [1.807, 2.05) is 47.3 Å². The summed E-state index contributed by atoms with van der Waals surface area (Å²) < 4.78 is 15.6. The maximum Gasteiger partial charge on any atom is 0.272 e. The van der Waals surface area contributed by atoms with Crippen LogP contribution >= 0.6 is 0 Å². The number of carbonyl (C=O) groups is 1. The molecular formula is C22H23FN4O. The van der Waals surface area contributed by atoms with Gasteiger partial charge in [-0.1, -0.05) is 42.5 Å². The highest BCUT2D eigenvalue weighted by molar-refractivity contribution is 5.92. The molecule has 144 valence electrons. The van der Waals surface area contributed by atoms with Crippen molar-refractivity contribution in [1.82, 2.24) is 20.4 Å². The molecular weight excluding hydrogens is 355 g/mol. The minimum atomic E-state index is -0.453. The Morgan fingerprint density at radius 1 is 1.14 bits per heavy atom. The molecule has 5 nitrogen and oxygen atoms in total. The van der Waals surface area contributed by atoms with Gasteiger partial charge in [0.25, 0.3) is 5.91 Å². The van der Waals surface area contributed by atoms with Crippen LogP contribution in [0.25, 0.3) is 0 Å². The van der Waals surface area contributed by atoms with Gasteiger partial charge in [-0.15, -0.1) is 0 Å². The molecule has 2 atom stereocenters. The quantitative estimate of drug-likeness (QED) is 0.715. The zero-order valence-corrected chi connectivity index (χ0v) is 15.5. The zero-order valence-electron chi connectivity index (χ0n) is 15.5. The molecule has 0 spiro atoms. The standard InChI is InChI=1S/C22H23FN4O/c23-18-9-4-8-17(14-18)21(16-6-2-1-3-7-16)25-22(28)20-11-13-27(26-20)19-10-5-12-24-15-19/h1-4,6-9,11,13-14,19,21,24H,5,10,12,15H2,(H,25,28). The number of carbonyl (C=O) groups excluding carboxylic acids is 1. The van der Waals surface area contributed by atoms with Gasteiger partial charge in [-0.25, -0.2) is 4.39 Å². The fourth-order valence-electron chi connectivity index (χ4n) is 3.62. The molecule has 1 aliphatic rings. The minimum absolute atomic E-state index is 0.267. The molecule has 2 heterocycles. The second-order valence-corrected chi connectivity index (χ2v) is 7.05. The Hall–Kier alpha value is -2.99. The van der Waals surface area contributed by atoms with E-state index in [4.69, 9.17) is 0 Å². The molecule has 2 unspecified atom stereocenters. The lowest BCUT2D eigenvalue weighted by atomic mass is 9.98. The average Bonchev–Trinajstić information content (AvgIpc) is 3.24. The van der Waals surface area contributed by atoms with E-state index in [1.54, 1.807) is 12.1 Å². The van der Waals surface area contributed by atoms with Crippen LogP contribution in [-0.4, -0.2) is 28.8 Å². The summed E-state index contributed by atoms with van der Waals surface area (Å²) in [6.07, 6.45) is 4.00. The van der Waals surface area contributed by atoms with Gasteiger partial charge in [0.05, 0.1) is 12.1 Å². The van der Waals surface area contributed by atoms with Crippen molar-refractivity contribution in [1.29, 1.82) is 0 Å². The Morgan fingerprint density at radius 2 is 1.96 bits per heavy atom. The van der Waals surface area contributed by atoms with E-state index in [2.05, 4.69) is 15.7 Å². The number of nitrogens with one attached hydrogen (secondary N) is 2. The Morgan fingerprint density at radius 3 is 2.71 bits per heavy atom. The fourth-order valence-corrected chi connectivity index (χ4v) is 3.62. The van der Waals surface area contributed by atoms with Crippen LogP contribution in [0.1, 0.15) is 46.5 Å². The third kappa shape index (κ3) is 4.12. The third-order valence-corrected chi connectivity index (χ3v) is 5.08. The van der Waals surface area contributed by atoms with Crippen molar-refractivity contribution in [3.63, 3.8) is 0 Å². The molecule has 0 aliphatic carbocycles. The van der Waals surface area contributed by atoms with Crippen molar-refractivity contribution in [2.75, 3.05) is 13.1 Å². The van der Waals surface area contributed by atoms with E-state index in [0.29, 0.717) is 11.3 Å². The molecule has 1 aromatic heterocycles. The van der Waals surface area contributed by atoms with Crippen molar-refractivity contribution in [3.05, 3.63) is 89.5 Å². The molecule has 28 heavy (non-hydrogen) atoms. The molecule has 0 bridgehead atoms. The van der Waals surface area contributed by atoms with Gasteiger partial charge in [0.2, 0.25) is 0 Å². The number of benzene rings is 2. The average molecular weight is 378 g/mol. The van der Waals surface area contributed by atoms with Crippen molar-refractivity contribution < 1.29 is 9.18 Å². The number of piperidine rings is 1. The lowest BCUT2D eigenvalue weighted by Crippen LogP contribution is -2.32. The molecule has 3 aromatic rings. The summed E-state index contributed by atoms with van der Waals surface area (Å²) in [5, 5.41) is 10.9. The SMILES string of the molecule is O=C(NC(c1ccccc1)c1cccc(F)c1)c1ccn(C2CCCNC2)n1. The molecule has 6 heteroatoms. The highest BCUT2D eigenvalue weighted by Gasteiger charge is 2.21. The van der Waals surface area contributed by atoms with Crippen LogP contribution in [0.4, 0.5) is 4.39 Å². The van der Waals surface area contributed by atoms with Crippen molar-refractivity contribution in [2.24, 2.45) is 0 Å².